The van der Waals surface area contributed by atoms with Gasteiger partial charge in [-0.05, 0) is 49.2 Å². The van der Waals surface area contributed by atoms with Crippen LogP contribution < -0.4 is 5.56 Å². The highest BCUT2D eigenvalue weighted by molar-refractivity contribution is 8.26. The Labute approximate surface area is 216 Å². The summed E-state index contributed by atoms with van der Waals surface area (Å²) in [7, 11) is 0. The van der Waals surface area contributed by atoms with E-state index in [0.717, 1.165) is 16.0 Å². The van der Waals surface area contributed by atoms with Crippen molar-refractivity contribution >= 4 is 57.7 Å². The summed E-state index contributed by atoms with van der Waals surface area (Å²) in [6.45, 7) is 3.88. The number of hydrogen-bond donors (Lipinski definition) is 0. The minimum Gasteiger partial charge on any atom is -0.286 e. The van der Waals surface area contributed by atoms with Gasteiger partial charge < -0.3 is 0 Å². The Hall–Kier alpha value is -3.20. The molecule has 1 aliphatic rings. The highest BCUT2D eigenvalue weighted by Gasteiger charge is 2.36. The molecular formula is C27H21N3O2S3. The monoisotopic (exact) mass is 515 g/mol. The first-order valence-corrected chi connectivity index (χ1v) is 13.0. The van der Waals surface area contributed by atoms with Crippen molar-refractivity contribution in [2.45, 2.75) is 29.8 Å². The van der Waals surface area contributed by atoms with Crippen molar-refractivity contribution < 1.29 is 4.79 Å². The van der Waals surface area contributed by atoms with Crippen LogP contribution in [0.25, 0.3) is 11.7 Å². The molecule has 3 heterocycles. The molecule has 0 radical (unpaired) electrons. The number of nitrogens with zero attached hydrogens (tertiary/aromatic N) is 3. The van der Waals surface area contributed by atoms with Crippen molar-refractivity contribution in [3.63, 3.8) is 0 Å². The smallest absolute Gasteiger partial charge is 0.266 e. The standard InChI is InChI=1S/C27H21N3O2S3/c1-17-13-14-23-28-24(34-20-11-7-4-8-12-20)21(25(31)29(23)16-17)15-22-26(32)30(27(33)35-22)18(2)19-9-5-3-6-10-19/h3-16,18H,1-2H3/b22-15-. The van der Waals surface area contributed by atoms with Gasteiger partial charge in [0.05, 0.1) is 16.5 Å². The van der Waals surface area contributed by atoms with Gasteiger partial charge in [0.25, 0.3) is 11.5 Å². The normalized spacial score (nSPS) is 15.8. The lowest BCUT2D eigenvalue weighted by Gasteiger charge is -2.23. The number of pyridine rings is 1. The molecular weight excluding hydrogens is 495 g/mol. The van der Waals surface area contributed by atoms with Gasteiger partial charge in [-0.2, -0.15) is 0 Å². The van der Waals surface area contributed by atoms with Crippen LogP contribution in [0.1, 0.15) is 29.7 Å². The summed E-state index contributed by atoms with van der Waals surface area (Å²) >= 11 is 8.19. The van der Waals surface area contributed by atoms with Gasteiger partial charge in [-0.25, -0.2) is 4.98 Å². The molecule has 0 saturated carbocycles. The third kappa shape index (κ3) is 4.69. The number of thioether (sulfide) groups is 1. The van der Waals surface area contributed by atoms with Gasteiger partial charge in [0.1, 0.15) is 15.0 Å². The van der Waals surface area contributed by atoms with E-state index in [1.807, 2.05) is 86.6 Å². The van der Waals surface area contributed by atoms with E-state index in [1.165, 1.54) is 27.9 Å². The predicted molar refractivity (Wildman–Crippen MR) is 147 cm³/mol. The zero-order valence-electron chi connectivity index (χ0n) is 19.0. The maximum absolute atomic E-state index is 13.6. The van der Waals surface area contributed by atoms with Gasteiger partial charge in [-0.1, -0.05) is 90.3 Å². The molecule has 1 aliphatic heterocycles. The van der Waals surface area contributed by atoms with E-state index >= 15 is 0 Å². The third-order valence-corrected chi connectivity index (χ3v) is 8.04. The third-order valence-electron chi connectivity index (χ3n) is 5.70. The summed E-state index contributed by atoms with van der Waals surface area (Å²) in [5, 5.41) is 0.548. The van der Waals surface area contributed by atoms with Gasteiger partial charge in [0.2, 0.25) is 0 Å². The van der Waals surface area contributed by atoms with E-state index < -0.39 is 0 Å². The summed E-state index contributed by atoms with van der Waals surface area (Å²) in [6.07, 6.45) is 3.41. The van der Waals surface area contributed by atoms with Gasteiger partial charge in [0, 0.05) is 11.1 Å². The number of carbonyl (C=O) groups is 1. The van der Waals surface area contributed by atoms with Crippen molar-refractivity contribution in [2.75, 3.05) is 0 Å². The second-order valence-corrected chi connectivity index (χ2v) is 10.9. The quantitative estimate of drug-likeness (QED) is 0.181. The lowest BCUT2D eigenvalue weighted by molar-refractivity contribution is -0.123. The van der Waals surface area contributed by atoms with Gasteiger partial charge in [0.15, 0.2) is 0 Å². The van der Waals surface area contributed by atoms with Crippen molar-refractivity contribution in [1.29, 1.82) is 0 Å². The summed E-state index contributed by atoms with van der Waals surface area (Å²) < 4.78 is 2.00. The minimum atomic E-state index is -0.224. The molecule has 0 N–H and O–H groups in total. The summed E-state index contributed by atoms with van der Waals surface area (Å²) in [6, 6.07) is 23.1. The maximum atomic E-state index is 13.6. The topological polar surface area (TPSA) is 54.7 Å². The summed E-state index contributed by atoms with van der Waals surface area (Å²) in [4.78, 5) is 34.8. The first kappa shape index (κ1) is 23.5. The molecule has 0 spiro atoms. The van der Waals surface area contributed by atoms with E-state index in [4.69, 9.17) is 17.2 Å². The Morgan fingerprint density at radius 3 is 2.40 bits per heavy atom. The number of amides is 1. The molecule has 4 aromatic rings. The minimum absolute atomic E-state index is 0.208. The van der Waals surface area contributed by atoms with Crippen molar-refractivity contribution in [3.8, 4) is 0 Å². The predicted octanol–water partition coefficient (Wildman–Crippen LogP) is 6.12. The first-order chi connectivity index (χ1) is 16.9. The highest BCUT2D eigenvalue weighted by Crippen LogP contribution is 2.39. The fourth-order valence-corrected chi connectivity index (χ4v) is 6.18. The maximum Gasteiger partial charge on any atom is 0.266 e. The molecule has 8 heteroatoms. The van der Waals surface area contributed by atoms with Crippen LogP contribution >= 0.6 is 35.7 Å². The Morgan fingerprint density at radius 2 is 1.69 bits per heavy atom. The molecule has 1 fully saturated rings. The molecule has 0 bridgehead atoms. The van der Waals surface area contributed by atoms with Gasteiger partial charge >= 0.3 is 0 Å². The summed E-state index contributed by atoms with van der Waals surface area (Å²) in [5.41, 5.74) is 2.64. The van der Waals surface area contributed by atoms with E-state index in [0.29, 0.717) is 25.5 Å². The zero-order valence-corrected chi connectivity index (χ0v) is 21.5. The molecule has 1 saturated heterocycles. The molecule has 2 aromatic heterocycles. The SMILES string of the molecule is Cc1ccc2nc(Sc3ccccc3)c(/C=C3\SC(=S)N(C(C)c4ccccc4)C3=O)c(=O)n2c1. The molecule has 1 atom stereocenters. The van der Waals surface area contributed by atoms with Gasteiger partial charge in [-0.15, -0.1) is 0 Å². The fraction of sp³-hybridized carbons (Fsp3) is 0.111. The molecule has 5 nitrogen and oxygen atoms in total. The lowest BCUT2D eigenvalue weighted by Crippen LogP contribution is -2.31. The Kier molecular flexibility index (Phi) is 6.60. The van der Waals surface area contributed by atoms with Crippen LogP contribution in [0.5, 0.6) is 0 Å². The van der Waals surface area contributed by atoms with Crippen molar-refractivity contribution in [3.05, 3.63) is 111 Å². The second kappa shape index (κ2) is 9.81. The molecule has 1 amide bonds. The first-order valence-electron chi connectivity index (χ1n) is 11.0. The Bertz CT molecular complexity index is 1530. The van der Waals surface area contributed by atoms with E-state index in [-0.39, 0.29) is 17.5 Å². The van der Waals surface area contributed by atoms with Crippen LogP contribution in [0.4, 0.5) is 0 Å². The van der Waals surface area contributed by atoms with E-state index in [2.05, 4.69) is 0 Å². The zero-order chi connectivity index (χ0) is 24.5. The van der Waals surface area contributed by atoms with Gasteiger partial charge in [-0.3, -0.25) is 18.9 Å². The largest absolute Gasteiger partial charge is 0.286 e. The van der Waals surface area contributed by atoms with E-state index in [9.17, 15) is 9.59 Å². The Morgan fingerprint density at radius 1 is 1.00 bits per heavy atom. The molecule has 174 valence electrons. The number of aromatic nitrogens is 2. The highest BCUT2D eigenvalue weighted by atomic mass is 32.2. The second-order valence-electron chi connectivity index (χ2n) is 8.12. The van der Waals surface area contributed by atoms with Crippen molar-refractivity contribution in [2.24, 2.45) is 0 Å². The van der Waals surface area contributed by atoms with E-state index in [1.54, 1.807) is 17.2 Å². The summed E-state index contributed by atoms with van der Waals surface area (Å²) in [5.74, 6) is -0.208. The van der Waals surface area contributed by atoms with Crippen LogP contribution in [0.2, 0.25) is 0 Å². The lowest BCUT2D eigenvalue weighted by atomic mass is 10.1. The van der Waals surface area contributed by atoms with Crippen LogP contribution in [-0.4, -0.2) is 24.5 Å². The average Bonchev–Trinajstić information content (AvgIpc) is 3.15. The molecule has 5 rings (SSSR count). The van der Waals surface area contributed by atoms with Crippen LogP contribution in [0, 0.1) is 6.92 Å². The van der Waals surface area contributed by atoms with Crippen LogP contribution in [0.15, 0.2) is 98.6 Å². The Balaban J connectivity index is 1.60. The number of hydrogen-bond acceptors (Lipinski definition) is 6. The number of thiocarbonyl (C=S) groups is 1. The molecule has 1 unspecified atom stereocenters. The number of fused-ring (bicyclic) bond motifs is 1. The van der Waals surface area contributed by atoms with Crippen LogP contribution in [-0.2, 0) is 4.79 Å². The number of aryl methyl sites for hydroxylation is 1. The molecule has 2 aromatic carbocycles. The number of carbonyl (C=O) groups excluding carboxylic acids is 1. The average molecular weight is 516 g/mol. The molecule has 35 heavy (non-hydrogen) atoms. The van der Waals surface area contributed by atoms with Crippen LogP contribution in [0.3, 0.4) is 0 Å². The number of benzene rings is 2. The fourth-order valence-electron chi connectivity index (χ4n) is 3.87. The van der Waals surface area contributed by atoms with Crippen molar-refractivity contribution in [1.82, 2.24) is 14.3 Å². The molecule has 0 aliphatic carbocycles. The number of rotatable bonds is 5.